The van der Waals surface area contributed by atoms with Gasteiger partial charge >= 0.3 is 5.69 Å². The van der Waals surface area contributed by atoms with Crippen molar-refractivity contribution in [1.82, 2.24) is 14.9 Å². The molecule has 0 bridgehead atoms. The molecule has 2 rings (SSSR count). The molecule has 0 atom stereocenters. The zero-order chi connectivity index (χ0) is 14.5. The van der Waals surface area contributed by atoms with Gasteiger partial charge in [-0.2, -0.15) is 0 Å². The molecule has 20 heavy (non-hydrogen) atoms. The predicted molar refractivity (Wildman–Crippen MR) is 76.7 cm³/mol. The van der Waals surface area contributed by atoms with Crippen LogP contribution in [0.3, 0.4) is 0 Å². The Bertz CT molecular complexity index is 730. The summed E-state index contributed by atoms with van der Waals surface area (Å²) in [5.41, 5.74) is -0.542. The zero-order valence-corrected chi connectivity index (χ0v) is 11.3. The topological polar surface area (TPSA) is 84.0 Å². The van der Waals surface area contributed by atoms with Crippen molar-refractivity contribution in [2.24, 2.45) is 0 Å². The average molecular weight is 275 g/mol. The van der Waals surface area contributed by atoms with Crippen molar-refractivity contribution >= 4 is 16.8 Å². The molecule has 0 saturated heterocycles. The summed E-state index contributed by atoms with van der Waals surface area (Å²) >= 11 is 0. The predicted octanol–water partition coefficient (Wildman–Crippen LogP) is 0.606. The molecule has 0 aliphatic carbocycles. The van der Waals surface area contributed by atoms with Gasteiger partial charge in [-0.1, -0.05) is 25.5 Å². The number of amides is 1. The van der Waals surface area contributed by atoms with Gasteiger partial charge in [0.1, 0.15) is 6.54 Å². The van der Waals surface area contributed by atoms with Crippen LogP contribution in [0.25, 0.3) is 10.9 Å². The van der Waals surface area contributed by atoms with Gasteiger partial charge in [-0.3, -0.25) is 19.1 Å². The van der Waals surface area contributed by atoms with Crippen molar-refractivity contribution in [3.05, 3.63) is 45.1 Å². The Morgan fingerprint density at radius 2 is 2.05 bits per heavy atom. The molecule has 6 nitrogen and oxygen atoms in total. The number of carbonyl (C=O) groups is 1. The van der Waals surface area contributed by atoms with Crippen molar-refractivity contribution in [2.75, 3.05) is 6.54 Å². The Balaban J connectivity index is 2.32. The summed E-state index contributed by atoms with van der Waals surface area (Å²) in [4.78, 5) is 37.6. The molecule has 0 aliphatic rings. The Morgan fingerprint density at radius 3 is 2.80 bits per heavy atom. The van der Waals surface area contributed by atoms with Gasteiger partial charge in [0.2, 0.25) is 5.91 Å². The van der Waals surface area contributed by atoms with Gasteiger partial charge < -0.3 is 5.32 Å². The second kappa shape index (κ2) is 6.18. The minimum absolute atomic E-state index is 0.0974. The van der Waals surface area contributed by atoms with Gasteiger partial charge in [-0.05, 0) is 18.6 Å². The molecular formula is C14H17N3O3. The Hall–Kier alpha value is -2.37. The number of aromatic amines is 1. The lowest BCUT2D eigenvalue weighted by Crippen LogP contribution is -2.36. The number of H-pyrrole nitrogens is 1. The van der Waals surface area contributed by atoms with Crippen LogP contribution >= 0.6 is 0 Å². The highest BCUT2D eigenvalue weighted by Crippen LogP contribution is 2.06. The summed E-state index contributed by atoms with van der Waals surface area (Å²) in [5, 5.41) is 3.14. The summed E-state index contributed by atoms with van der Waals surface area (Å²) in [5.74, 6) is -0.238. The fourth-order valence-corrected chi connectivity index (χ4v) is 2.00. The molecule has 1 aromatic carbocycles. The summed E-state index contributed by atoms with van der Waals surface area (Å²) in [6, 6.07) is 6.73. The number of nitrogens with zero attached hydrogens (tertiary/aromatic N) is 1. The first-order valence-corrected chi connectivity index (χ1v) is 6.62. The maximum absolute atomic E-state index is 11.8. The molecule has 2 N–H and O–H groups in total. The SMILES string of the molecule is CCCCNC(=O)Cn1c(=O)[nH]c(=O)c2ccccc21. The summed E-state index contributed by atoms with van der Waals surface area (Å²) < 4.78 is 1.28. The molecule has 1 aromatic heterocycles. The van der Waals surface area contributed by atoms with E-state index in [1.165, 1.54) is 4.57 Å². The van der Waals surface area contributed by atoms with Gasteiger partial charge in [0.05, 0.1) is 10.9 Å². The van der Waals surface area contributed by atoms with Crippen LogP contribution in [0.2, 0.25) is 0 Å². The van der Waals surface area contributed by atoms with Crippen LogP contribution in [-0.2, 0) is 11.3 Å². The number of fused-ring (bicyclic) bond motifs is 1. The van der Waals surface area contributed by atoms with Crippen molar-refractivity contribution in [2.45, 2.75) is 26.3 Å². The monoisotopic (exact) mass is 275 g/mol. The van der Waals surface area contributed by atoms with Gasteiger partial charge in [0, 0.05) is 6.54 Å². The molecule has 0 spiro atoms. The molecule has 106 valence electrons. The molecule has 1 heterocycles. The lowest BCUT2D eigenvalue weighted by atomic mass is 10.2. The Morgan fingerprint density at radius 1 is 1.30 bits per heavy atom. The number of nitrogens with one attached hydrogen (secondary N) is 2. The molecule has 1 amide bonds. The van der Waals surface area contributed by atoms with Crippen LogP contribution in [0.4, 0.5) is 0 Å². The second-order valence-electron chi connectivity index (χ2n) is 4.57. The normalized spacial score (nSPS) is 10.7. The van der Waals surface area contributed by atoms with Crippen LogP contribution in [0.5, 0.6) is 0 Å². The van der Waals surface area contributed by atoms with Crippen molar-refractivity contribution in [1.29, 1.82) is 0 Å². The number of hydrogen-bond acceptors (Lipinski definition) is 3. The van der Waals surface area contributed by atoms with E-state index in [2.05, 4.69) is 10.3 Å². The fourth-order valence-electron chi connectivity index (χ4n) is 2.00. The van der Waals surface area contributed by atoms with E-state index >= 15 is 0 Å². The van der Waals surface area contributed by atoms with Crippen molar-refractivity contribution in [3.8, 4) is 0 Å². The Kier molecular flexibility index (Phi) is 4.34. The summed E-state index contributed by atoms with van der Waals surface area (Å²) in [6.07, 6.45) is 1.88. The standard InChI is InChI=1S/C14H17N3O3/c1-2-3-8-15-12(18)9-17-11-7-5-4-6-10(11)13(19)16-14(17)20/h4-7H,2-3,8-9H2,1H3,(H,15,18)(H,16,19,20). The summed E-state index contributed by atoms with van der Waals surface area (Å²) in [6.45, 7) is 2.53. The molecule has 6 heteroatoms. The van der Waals surface area contributed by atoms with E-state index in [0.717, 1.165) is 12.8 Å². The molecule has 0 saturated carbocycles. The minimum atomic E-state index is -0.570. The van der Waals surface area contributed by atoms with Gasteiger partial charge in [-0.15, -0.1) is 0 Å². The van der Waals surface area contributed by atoms with Gasteiger partial charge in [0.25, 0.3) is 5.56 Å². The fraction of sp³-hybridized carbons (Fsp3) is 0.357. The third kappa shape index (κ3) is 2.96. The third-order valence-electron chi connectivity index (χ3n) is 3.06. The van der Waals surface area contributed by atoms with E-state index < -0.39 is 11.2 Å². The van der Waals surface area contributed by atoms with E-state index in [4.69, 9.17) is 0 Å². The maximum Gasteiger partial charge on any atom is 0.329 e. The van der Waals surface area contributed by atoms with Crippen molar-refractivity contribution < 1.29 is 4.79 Å². The maximum atomic E-state index is 11.8. The highest BCUT2D eigenvalue weighted by Gasteiger charge is 2.09. The van der Waals surface area contributed by atoms with E-state index in [1.54, 1.807) is 24.3 Å². The molecule has 2 aromatic rings. The van der Waals surface area contributed by atoms with Gasteiger partial charge in [-0.25, -0.2) is 4.79 Å². The number of benzene rings is 1. The van der Waals surface area contributed by atoms with E-state index in [0.29, 0.717) is 17.4 Å². The van der Waals surface area contributed by atoms with Crippen molar-refractivity contribution in [3.63, 3.8) is 0 Å². The first-order valence-electron chi connectivity index (χ1n) is 6.62. The molecule has 0 fully saturated rings. The third-order valence-corrected chi connectivity index (χ3v) is 3.06. The van der Waals surface area contributed by atoms with E-state index in [-0.39, 0.29) is 12.5 Å². The van der Waals surface area contributed by atoms with Crippen LogP contribution in [0.1, 0.15) is 19.8 Å². The lowest BCUT2D eigenvalue weighted by Gasteiger charge is -2.09. The zero-order valence-electron chi connectivity index (χ0n) is 11.3. The highest BCUT2D eigenvalue weighted by atomic mass is 16.2. The minimum Gasteiger partial charge on any atom is -0.355 e. The summed E-state index contributed by atoms with van der Waals surface area (Å²) in [7, 11) is 0. The largest absolute Gasteiger partial charge is 0.355 e. The molecule has 0 unspecified atom stereocenters. The van der Waals surface area contributed by atoms with E-state index in [9.17, 15) is 14.4 Å². The van der Waals surface area contributed by atoms with E-state index in [1.807, 2.05) is 6.92 Å². The average Bonchev–Trinajstić information content (AvgIpc) is 2.44. The number of aromatic nitrogens is 2. The first-order chi connectivity index (χ1) is 9.63. The van der Waals surface area contributed by atoms with Crippen LogP contribution in [0, 0.1) is 0 Å². The molecule has 0 radical (unpaired) electrons. The highest BCUT2D eigenvalue weighted by molar-refractivity contribution is 5.81. The number of hydrogen-bond donors (Lipinski definition) is 2. The van der Waals surface area contributed by atoms with Crippen LogP contribution in [-0.4, -0.2) is 22.0 Å². The first kappa shape index (κ1) is 14.0. The molecule has 0 aliphatic heterocycles. The Labute approximate surface area is 115 Å². The quantitative estimate of drug-likeness (QED) is 0.784. The van der Waals surface area contributed by atoms with Gasteiger partial charge in [0.15, 0.2) is 0 Å². The van der Waals surface area contributed by atoms with Crippen LogP contribution in [0.15, 0.2) is 33.9 Å². The number of rotatable bonds is 5. The number of carbonyl (C=O) groups excluding carboxylic acids is 1. The molecular weight excluding hydrogens is 258 g/mol. The smallest absolute Gasteiger partial charge is 0.329 e. The second-order valence-corrected chi connectivity index (χ2v) is 4.57. The lowest BCUT2D eigenvalue weighted by molar-refractivity contribution is -0.121. The number of unbranched alkanes of at least 4 members (excludes halogenated alkanes) is 1. The number of para-hydroxylation sites is 1. The van der Waals surface area contributed by atoms with Crippen LogP contribution < -0.4 is 16.6 Å².